The van der Waals surface area contributed by atoms with Crippen molar-refractivity contribution in [2.75, 3.05) is 13.1 Å². The van der Waals surface area contributed by atoms with Crippen molar-refractivity contribution in [2.45, 2.75) is 31.6 Å². The van der Waals surface area contributed by atoms with Crippen LogP contribution in [-0.4, -0.2) is 56.4 Å². The zero-order valence-corrected chi connectivity index (χ0v) is 24.6. The number of benzene rings is 1. The Balaban J connectivity index is 0.000000306. The molecule has 43 heavy (non-hydrogen) atoms. The normalized spacial score (nSPS) is 13.0. The molecule has 1 aromatic carbocycles. The fourth-order valence-corrected chi connectivity index (χ4v) is 4.79. The van der Waals surface area contributed by atoms with Crippen LogP contribution in [0.4, 0.5) is 4.39 Å². The van der Waals surface area contributed by atoms with E-state index in [2.05, 4.69) is 15.0 Å². The van der Waals surface area contributed by atoms with E-state index in [0.29, 0.717) is 47.4 Å². The first-order chi connectivity index (χ1) is 20.1. The van der Waals surface area contributed by atoms with Crippen LogP contribution >= 0.6 is 23.2 Å². The molecule has 1 aliphatic rings. The minimum absolute atomic E-state index is 0. The molecule has 9 nitrogen and oxygen atoms in total. The van der Waals surface area contributed by atoms with Gasteiger partial charge in [0.05, 0.1) is 28.4 Å². The number of fused-ring (bicyclic) bond motifs is 1. The van der Waals surface area contributed by atoms with Gasteiger partial charge in [0.1, 0.15) is 11.8 Å². The second-order valence-corrected chi connectivity index (χ2v) is 10.4. The number of carbonyl (C=O) groups excluding carboxylic acids is 4. The van der Waals surface area contributed by atoms with Crippen molar-refractivity contribution in [3.8, 4) is 0 Å². The zero-order chi connectivity index (χ0) is 30.2. The third-order valence-corrected chi connectivity index (χ3v) is 7.13. The number of nitrogens with zero attached hydrogens (tertiary/aromatic N) is 4. The second kappa shape index (κ2) is 15.7. The third kappa shape index (κ3) is 9.40. The van der Waals surface area contributed by atoms with Gasteiger partial charge in [0, 0.05) is 48.5 Å². The Kier molecular flexibility index (Phi) is 12.3. The Labute approximate surface area is 268 Å². The Morgan fingerprint density at radius 2 is 1.42 bits per heavy atom. The molecular weight excluding hydrogens is 593 g/mol. The standard InChI is InChI=1S/C22H19ClFN3O2.C8H6ClNO3.Li/c23-15-1-3-17(26-13-15)12-21(28)22(29)27-9-6-14(7-10-27)18-5-8-25-20-4-2-16(24)11-19(18)20;9-5-1-2-6(10-4-5)3-7(11)8(12)13;/h1-5,8,11,13-14H,6-7,9-10,12H2;1-2,4H,3H2,(H,12,13);/q;;+1/p-1. The number of pyridine rings is 3. The van der Waals surface area contributed by atoms with Crippen LogP contribution in [0.15, 0.2) is 67.1 Å². The van der Waals surface area contributed by atoms with Crippen LogP contribution in [-0.2, 0) is 32.0 Å². The van der Waals surface area contributed by atoms with E-state index >= 15 is 0 Å². The summed E-state index contributed by atoms with van der Waals surface area (Å²) in [5.74, 6) is -3.74. The number of aromatic nitrogens is 3. The summed E-state index contributed by atoms with van der Waals surface area (Å²) in [4.78, 5) is 59.3. The van der Waals surface area contributed by atoms with Crippen LogP contribution in [0, 0.1) is 5.82 Å². The molecule has 13 heteroatoms. The van der Waals surface area contributed by atoms with Gasteiger partial charge in [-0.25, -0.2) is 4.39 Å². The van der Waals surface area contributed by atoms with E-state index in [0.717, 1.165) is 16.5 Å². The zero-order valence-electron chi connectivity index (χ0n) is 23.1. The first kappa shape index (κ1) is 33.8. The number of carboxylic acid groups (broad SMARTS) is 1. The van der Waals surface area contributed by atoms with Gasteiger partial charge in [-0.05, 0) is 72.9 Å². The third-order valence-electron chi connectivity index (χ3n) is 6.69. The molecule has 216 valence electrons. The number of carboxylic acids is 1. The fourth-order valence-electron chi connectivity index (χ4n) is 4.56. The first-order valence-electron chi connectivity index (χ1n) is 12.9. The van der Waals surface area contributed by atoms with Crippen molar-refractivity contribution in [3.63, 3.8) is 0 Å². The van der Waals surface area contributed by atoms with Crippen molar-refractivity contribution >= 4 is 57.5 Å². The maximum atomic E-state index is 13.7. The van der Waals surface area contributed by atoms with E-state index in [1.807, 2.05) is 6.07 Å². The SMILES string of the molecule is O=C(Cc1ccc(Cl)cn1)C(=O)N1CCC(c2ccnc3ccc(F)cc23)CC1.O=C([O-])C(=O)Cc1ccc(Cl)cn1.[Li+]. The number of carbonyl (C=O) groups is 4. The number of amides is 1. The Morgan fingerprint density at radius 3 is 1.95 bits per heavy atom. The van der Waals surface area contributed by atoms with Gasteiger partial charge in [-0.2, -0.15) is 0 Å². The van der Waals surface area contributed by atoms with Crippen LogP contribution in [0.5, 0.6) is 0 Å². The van der Waals surface area contributed by atoms with Crippen LogP contribution in [0.1, 0.15) is 35.7 Å². The molecule has 1 amide bonds. The van der Waals surface area contributed by atoms with Gasteiger partial charge in [-0.3, -0.25) is 29.3 Å². The van der Waals surface area contributed by atoms with E-state index in [4.69, 9.17) is 23.2 Å². The van der Waals surface area contributed by atoms with E-state index < -0.39 is 23.4 Å². The average molecular weight is 617 g/mol. The summed E-state index contributed by atoms with van der Waals surface area (Å²) in [7, 11) is 0. The van der Waals surface area contributed by atoms with Crippen LogP contribution < -0.4 is 24.0 Å². The van der Waals surface area contributed by atoms with E-state index in [9.17, 15) is 28.7 Å². The first-order valence-corrected chi connectivity index (χ1v) is 13.7. The monoisotopic (exact) mass is 616 g/mol. The number of Topliss-reactive ketones (excluding diaryl/α,β-unsaturated/α-hetero) is 2. The maximum Gasteiger partial charge on any atom is 1.00 e. The number of rotatable bonds is 7. The minimum Gasteiger partial charge on any atom is -0.542 e. The molecule has 0 atom stereocenters. The van der Waals surface area contributed by atoms with Gasteiger partial charge >= 0.3 is 18.9 Å². The number of hydrogen-bond donors (Lipinski definition) is 0. The predicted octanol–water partition coefficient (Wildman–Crippen LogP) is 0.541. The van der Waals surface area contributed by atoms with Crippen molar-refractivity contribution in [3.05, 3.63) is 99.9 Å². The summed E-state index contributed by atoms with van der Waals surface area (Å²) in [6, 6.07) is 12.8. The van der Waals surface area contributed by atoms with Gasteiger partial charge in [-0.1, -0.05) is 23.2 Å². The Morgan fingerprint density at radius 1 is 0.837 bits per heavy atom. The molecule has 0 unspecified atom stereocenters. The fraction of sp³-hybridized carbons (Fsp3) is 0.233. The maximum absolute atomic E-state index is 13.7. The van der Waals surface area contributed by atoms with Crippen LogP contribution in [0.2, 0.25) is 10.0 Å². The van der Waals surface area contributed by atoms with Crippen molar-refractivity contribution < 1.29 is 47.5 Å². The summed E-state index contributed by atoms with van der Waals surface area (Å²) in [6.45, 7) is 0.977. The smallest absolute Gasteiger partial charge is 0.542 e. The number of hydrogen-bond acceptors (Lipinski definition) is 8. The predicted molar refractivity (Wildman–Crippen MR) is 151 cm³/mol. The molecule has 1 aliphatic heterocycles. The van der Waals surface area contributed by atoms with Gasteiger partial charge in [-0.15, -0.1) is 0 Å². The number of ketones is 2. The average Bonchev–Trinajstić information content (AvgIpc) is 2.99. The van der Waals surface area contributed by atoms with Crippen molar-refractivity contribution in [1.82, 2.24) is 19.9 Å². The molecule has 0 radical (unpaired) electrons. The minimum atomic E-state index is -1.70. The van der Waals surface area contributed by atoms with E-state index in [-0.39, 0.29) is 43.4 Å². The van der Waals surface area contributed by atoms with Gasteiger partial charge in [0.15, 0.2) is 5.78 Å². The topological polar surface area (TPSA) is 133 Å². The van der Waals surface area contributed by atoms with Gasteiger partial charge < -0.3 is 14.8 Å². The largest absolute Gasteiger partial charge is 1.00 e. The van der Waals surface area contributed by atoms with Crippen molar-refractivity contribution in [1.29, 1.82) is 0 Å². The van der Waals surface area contributed by atoms with E-state index in [1.165, 1.54) is 36.7 Å². The molecule has 5 rings (SSSR count). The molecule has 3 aromatic heterocycles. The summed E-state index contributed by atoms with van der Waals surface area (Å²) < 4.78 is 13.7. The number of piperidine rings is 1. The molecule has 0 saturated carbocycles. The quantitative estimate of drug-likeness (QED) is 0.217. The Hall–Kier alpha value is -3.68. The molecular formula is C30H24Cl2FLiN4O5. The summed E-state index contributed by atoms with van der Waals surface area (Å²) in [6.07, 6.45) is 5.67. The summed E-state index contributed by atoms with van der Waals surface area (Å²) >= 11 is 11.3. The molecule has 4 heterocycles. The Bertz CT molecular complexity index is 1620. The van der Waals surface area contributed by atoms with Crippen LogP contribution in [0.3, 0.4) is 0 Å². The molecule has 1 fully saturated rings. The summed E-state index contributed by atoms with van der Waals surface area (Å²) in [5, 5.41) is 11.8. The number of halogens is 3. The van der Waals surface area contributed by atoms with Crippen LogP contribution in [0.25, 0.3) is 10.9 Å². The van der Waals surface area contributed by atoms with Gasteiger partial charge in [0.2, 0.25) is 5.78 Å². The number of likely N-dealkylation sites (tertiary alicyclic amines) is 1. The van der Waals surface area contributed by atoms with Gasteiger partial charge in [0.25, 0.3) is 5.91 Å². The van der Waals surface area contributed by atoms with Crippen molar-refractivity contribution in [2.24, 2.45) is 0 Å². The number of aliphatic carboxylic acids is 1. The molecule has 1 saturated heterocycles. The molecule has 0 N–H and O–H groups in total. The summed E-state index contributed by atoms with van der Waals surface area (Å²) in [5.41, 5.74) is 2.68. The molecule has 4 aromatic rings. The molecule has 0 spiro atoms. The van der Waals surface area contributed by atoms with E-state index in [1.54, 1.807) is 29.3 Å². The second-order valence-electron chi connectivity index (χ2n) is 9.55. The molecule has 0 aliphatic carbocycles. The molecule has 0 bridgehead atoms.